The Morgan fingerprint density at radius 1 is 0.929 bits per heavy atom. The monoisotopic (exact) mass is 386 g/mol. The number of hydrogen-bond acceptors (Lipinski definition) is 3. The molecule has 0 bridgehead atoms. The number of nitrogens with zero attached hydrogens (tertiary/aromatic N) is 2. The van der Waals surface area contributed by atoms with E-state index in [1.165, 1.54) is 24.8 Å². The summed E-state index contributed by atoms with van der Waals surface area (Å²) in [5.41, 5.74) is 1.32. The standard InChI is InChI=1S/C22H34N4O2/c27-21(12-13-23-22(28)24-20-10-5-2-6-11-20)26-15-7-14-25(16-17-26)18-19-8-3-1-4-9-19/h1,3-4,8-9,20H,2,5-7,10-18H2,(H2,23,24,28). The van der Waals surface area contributed by atoms with E-state index >= 15 is 0 Å². The van der Waals surface area contributed by atoms with E-state index in [9.17, 15) is 9.59 Å². The van der Waals surface area contributed by atoms with Crippen molar-refractivity contribution in [1.29, 1.82) is 0 Å². The number of carbonyl (C=O) groups excluding carboxylic acids is 2. The summed E-state index contributed by atoms with van der Waals surface area (Å²) in [5, 5.41) is 5.88. The van der Waals surface area contributed by atoms with Crippen molar-refractivity contribution in [3.63, 3.8) is 0 Å². The summed E-state index contributed by atoms with van der Waals surface area (Å²) in [6.07, 6.45) is 7.16. The van der Waals surface area contributed by atoms with Gasteiger partial charge in [-0.1, -0.05) is 49.6 Å². The highest BCUT2D eigenvalue weighted by molar-refractivity contribution is 5.78. The second-order valence-electron chi connectivity index (χ2n) is 7.98. The van der Waals surface area contributed by atoms with Crippen molar-refractivity contribution < 1.29 is 9.59 Å². The van der Waals surface area contributed by atoms with Gasteiger partial charge in [-0.2, -0.15) is 0 Å². The van der Waals surface area contributed by atoms with Crippen LogP contribution in [0.1, 0.15) is 50.5 Å². The molecule has 0 radical (unpaired) electrons. The van der Waals surface area contributed by atoms with Crippen molar-refractivity contribution >= 4 is 11.9 Å². The molecule has 2 fully saturated rings. The first kappa shape index (κ1) is 20.6. The lowest BCUT2D eigenvalue weighted by molar-refractivity contribution is -0.130. The van der Waals surface area contributed by atoms with Gasteiger partial charge in [-0.25, -0.2) is 4.79 Å². The molecule has 1 aliphatic heterocycles. The van der Waals surface area contributed by atoms with Gasteiger partial charge in [-0.15, -0.1) is 0 Å². The van der Waals surface area contributed by atoms with E-state index in [1.807, 2.05) is 11.0 Å². The minimum absolute atomic E-state index is 0.135. The maximum atomic E-state index is 12.5. The lowest BCUT2D eigenvalue weighted by atomic mass is 9.96. The highest BCUT2D eigenvalue weighted by atomic mass is 16.2. The first-order chi connectivity index (χ1) is 13.7. The van der Waals surface area contributed by atoms with E-state index < -0.39 is 0 Å². The number of hydrogen-bond donors (Lipinski definition) is 2. The van der Waals surface area contributed by atoms with Crippen LogP contribution in [0.25, 0.3) is 0 Å². The summed E-state index contributed by atoms with van der Waals surface area (Å²) in [7, 11) is 0. The summed E-state index contributed by atoms with van der Waals surface area (Å²) in [5.74, 6) is 0.138. The highest BCUT2D eigenvalue weighted by Gasteiger charge is 2.20. The summed E-state index contributed by atoms with van der Waals surface area (Å²) in [4.78, 5) is 28.9. The van der Waals surface area contributed by atoms with Gasteiger partial charge < -0.3 is 15.5 Å². The lowest BCUT2D eigenvalue weighted by Gasteiger charge is -2.23. The van der Waals surface area contributed by atoms with Crippen LogP contribution in [0.15, 0.2) is 30.3 Å². The third kappa shape index (κ3) is 6.82. The van der Waals surface area contributed by atoms with Crippen LogP contribution in [0, 0.1) is 0 Å². The zero-order valence-electron chi connectivity index (χ0n) is 16.9. The molecular formula is C22H34N4O2. The molecule has 1 aliphatic carbocycles. The molecule has 1 saturated heterocycles. The van der Waals surface area contributed by atoms with E-state index in [2.05, 4.69) is 39.8 Å². The van der Waals surface area contributed by atoms with Crippen LogP contribution >= 0.6 is 0 Å². The van der Waals surface area contributed by atoms with Crippen LogP contribution in [0.5, 0.6) is 0 Å². The smallest absolute Gasteiger partial charge is 0.315 e. The first-order valence-electron chi connectivity index (χ1n) is 10.8. The Bertz CT molecular complexity index is 616. The Balaban J connectivity index is 1.33. The van der Waals surface area contributed by atoms with Crippen LogP contribution < -0.4 is 10.6 Å². The molecule has 0 atom stereocenters. The summed E-state index contributed by atoms with van der Waals surface area (Å²) < 4.78 is 0. The zero-order valence-corrected chi connectivity index (χ0v) is 16.9. The quantitative estimate of drug-likeness (QED) is 0.790. The average Bonchev–Trinajstić information content (AvgIpc) is 2.95. The molecule has 2 aliphatic rings. The van der Waals surface area contributed by atoms with Gasteiger partial charge >= 0.3 is 6.03 Å². The Morgan fingerprint density at radius 3 is 2.50 bits per heavy atom. The molecule has 1 aromatic carbocycles. The Labute approximate surface area is 168 Å². The first-order valence-corrected chi connectivity index (χ1v) is 10.8. The average molecular weight is 387 g/mol. The van der Waals surface area contributed by atoms with E-state index in [0.29, 0.717) is 19.0 Å². The van der Waals surface area contributed by atoms with Crippen LogP contribution in [-0.2, 0) is 11.3 Å². The predicted octanol–water partition coefficient (Wildman–Crippen LogP) is 2.74. The van der Waals surface area contributed by atoms with Crippen LogP contribution in [0.3, 0.4) is 0 Å². The Kier molecular flexibility index (Phi) is 8.15. The number of rotatable bonds is 6. The summed E-state index contributed by atoms with van der Waals surface area (Å²) in [6, 6.07) is 10.6. The molecule has 3 amide bonds. The molecule has 1 heterocycles. The van der Waals surface area contributed by atoms with Gasteiger partial charge in [0.2, 0.25) is 5.91 Å². The molecule has 3 rings (SSSR count). The normalized spacial score (nSPS) is 19.1. The third-order valence-electron chi connectivity index (χ3n) is 5.76. The second kappa shape index (κ2) is 11.1. The number of carbonyl (C=O) groups is 2. The molecule has 0 spiro atoms. The van der Waals surface area contributed by atoms with Crippen molar-refractivity contribution in [2.45, 2.75) is 57.5 Å². The number of benzene rings is 1. The largest absolute Gasteiger partial charge is 0.341 e. The minimum Gasteiger partial charge on any atom is -0.341 e. The third-order valence-corrected chi connectivity index (χ3v) is 5.76. The van der Waals surface area contributed by atoms with E-state index in [1.54, 1.807) is 0 Å². The summed E-state index contributed by atoms with van der Waals surface area (Å²) >= 11 is 0. The van der Waals surface area contributed by atoms with Gasteiger partial charge in [0.25, 0.3) is 0 Å². The fourth-order valence-electron chi connectivity index (χ4n) is 4.14. The fraction of sp³-hybridized carbons (Fsp3) is 0.636. The molecule has 0 aromatic heterocycles. The number of amides is 3. The van der Waals surface area contributed by atoms with Crippen LogP contribution in [0.2, 0.25) is 0 Å². The highest BCUT2D eigenvalue weighted by Crippen LogP contribution is 2.17. The minimum atomic E-state index is -0.135. The van der Waals surface area contributed by atoms with E-state index in [-0.39, 0.29) is 11.9 Å². The predicted molar refractivity (Wildman–Crippen MR) is 111 cm³/mol. The number of nitrogens with one attached hydrogen (secondary N) is 2. The fourth-order valence-corrected chi connectivity index (χ4v) is 4.14. The molecular weight excluding hydrogens is 352 g/mol. The van der Waals surface area contributed by atoms with Gasteiger partial charge in [0.1, 0.15) is 0 Å². The molecule has 154 valence electrons. The van der Waals surface area contributed by atoms with Crippen molar-refractivity contribution in [3.05, 3.63) is 35.9 Å². The van der Waals surface area contributed by atoms with Crippen molar-refractivity contribution in [1.82, 2.24) is 20.4 Å². The Morgan fingerprint density at radius 2 is 1.71 bits per heavy atom. The topological polar surface area (TPSA) is 64.7 Å². The molecule has 6 heteroatoms. The van der Waals surface area contributed by atoms with Crippen LogP contribution in [-0.4, -0.2) is 60.5 Å². The second-order valence-corrected chi connectivity index (χ2v) is 7.98. The number of urea groups is 1. The lowest BCUT2D eigenvalue weighted by Crippen LogP contribution is -2.44. The Hall–Kier alpha value is -2.08. The molecule has 0 unspecified atom stereocenters. The van der Waals surface area contributed by atoms with Gasteiger partial charge in [0.15, 0.2) is 0 Å². The molecule has 28 heavy (non-hydrogen) atoms. The van der Waals surface area contributed by atoms with Gasteiger partial charge in [-0.05, 0) is 24.8 Å². The zero-order chi connectivity index (χ0) is 19.6. The van der Waals surface area contributed by atoms with Crippen LogP contribution in [0.4, 0.5) is 4.79 Å². The van der Waals surface area contributed by atoms with E-state index in [4.69, 9.17) is 0 Å². The van der Waals surface area contributed by atoms with Crippen molar-refractivity contribution in [2.24, 2.45) is 0 Å². The summed E-state index contributed by atoms with van der Waals surface area (Å²) in [6.45, 7) is 4.82. The van der Waals surface area contributed by atoms with E-state index in [0.717, 1.165) is 52.0 Å². The maximum Gasteiger partial charge on any atom is 0.315 e. The maximum absolute atomic E-state index is 12.5. The SMILES string of the molecule is O=C(NCCC(=O)N1CCCN(Cc2ccccc2)CC1)NC1CCCCC1. The molecule has 1 aromatic rings. The van der Waals surface area contributed by atoms with Gasteiger partial charge in [0.05, 0.1) is 0 Å². The molecule has 1 saturated carbocycles. The van der Waals surface area contributed by atoms with Gasteiger partial charge in [-0.3, -0.25) is 9.69 Å². The van der Waals surface area contributed by atoms with Gasteiger partial charge in [0, 0.05) is 51.7 Å². The molecule has 6 nitrogen and oxygen atoms in total. The van der Waals surface area contributed by atoms with Crippen molar-refractivity contribution in [3.8, 4) is 0 Å². The van der Waals surface area contributed by atoms with Crippen molar-refractivity contribution in [2.75, 3.05) is 32.7 Å². The molecule has 2 N–H and O–H groups in total.